The summed E-state index contributed by atoms with van der Waals surface area (Å²) in [5.74, 6) is -10.8. The molecule has 330 valence electrons. The van der Waals surface area contributed by atoms with Gasteiger partial charge >= 0.3 is 47.8 Å². The summed E-state index contributed by atoms with van der Waals surface area (Å²) in [7, 11) is 0. The third-order valence-corrected chi connectivity index (χ3v) is 11.8. The second kappa shape index (κ2) is 16.5. The van der Waals surface area contributed by atoms with E-state index in [0.29, 0.717) is 0 Å². The first-order valence-electron chi connectivity index (χ1n) is 19.4. The summed E-state index contributed by atoms with van der Waals surface area (Å²) in [5.41, 5.74) is -10.3. The Morgan fingerprint density at radius 1 is 0.836 bits per heavy atom. The number of ether oxygens (including phenoxy) is 9. The highest BCUT2D eigenvalue weighted by molar-refractivity contribution is 5.91. The molecule has 4 aliphatic rings. The van der Waals surface area contributed by atoms with Gasteiger partial charge < -0.3 is 52.2 Å². The predicted molar refractivity (Wildman–Crippen MR) is 197 cm³/mol. The molecule has 1 spiro atoms. The fraction of sp³-hybridized carbons (Fsp3) is 0.585. The van der Waals surface area contributed by atoms with Crippen molar-refractivity contribution in [3.05, 3.63) is 53.7 Å². The molecule has 12 atom stereocenters. The molecular formula is C41H47NO19. The molecule has 4 heterocycles. The number of aryl methyl sites for hydroxylation is 1. The first-order chi connectivity index (χ1) is 28.6. The predicted octanol–water partition coefficient (Wildman–Crippen LogP) is 1.75. The van der Waals surface area contributed by atoms with E-state index in [2.05, 4.69) is 4.98 Å². The first-order valence-corrected chi connectivity index (χ1v) is 19.4. The lowest BCUT2D eigenvalue weighted by molar-refractivity contribution is -0.386. The minimum absolute atomic E-state index is 0.0163. The van der Waals surface area contributed by atoms with Crippen LogP contribution in [0.3, 0.4) is 0 Å². The zero-order valence-electron chi connectivity index (χ0n) is 34.7. The standard InChI is InChI=1S/C41H47NO19/c1-19-11-12-27-26(10-9-14-42-27)37(50)54-17-38(7)28-29(55-21(3)44)33(57-23(5)46)40(18-53-20(2)43)34(58-24(6)47)30(59-36(49)25-13-15-52-16-25)32(60-35(19)48)39(8,51)41(40,61-38)31(28)56-22(4)45/h9-10,13-16,19,28-34,51H,11-12,17-18H2,1-8H3/t19-,28+,29+,30-,31-,32-,33+,34-,38-,39-,40+,41-/m0/s1. The largest absolute Gasteiger partial charge is 0.472 e. The van der Waals surface area contributed by atoms with E-state index in [1.165, 1.54) is 38.2 Å². The van der Waals surface area contributed by atoms with Gasteiger partial charge in [-0.15, -0.1) is 0 Å². The summed E-state index contributed by atoms with van der Waals surface area (Å²) in [6, 6.07) is 4.17. The molecule has 0 unspecified atom stereocenters. The van der Waals surface area contributed by atoms with Crippen LogP contribution in [0.4, 0.5) is 0 Å². The van der Waals surface area contributed by atoms with Crippen LogP contribution in [0.1, 0.15) is 88.2 Å². The molecule has 2 aliphatic carbocycles. The van der Waals surface area contributed by atoms with Crippen molar-refractivity contribution in [1.29, 1.82) is 0 Å². The van der Waals surface area contributed by atoms with E-state index < -0.39 is 132 Å². The molecule has 0 amide bonds. The van der Waals surface area contributed by atoms with Crippen LogP contribution < -0.4 is 0 Å². The van der Waals surface area contributed by atoms with Gasteiger partial charge in [0.15, 0.2) is 30.0 Å². The number of carbonyl (C=O) groups excluding carboxylic acids is 8. The second-order valence-corrected chi connectivity index (χ2v) is 16.1. The van der Waals surface area contributed by atoms with Gasteiger partial charge in [-0.25, -0.2) is 9.59 Å². The maximum atomic E-state index is 14.3. The summed E-state index contributed by atoms with van der Waals surface area (Å²) in [6.45, 7) is 7.05. The maximum absolute atomic E-state index is 14.3. The van der Waals surface area contributed by atoms with Crippen molar-refractivity contribution in [3.8, 4) is 0 Å². The lowest BCUT2D eigenvalue weighted by Gasteiger charge is -2.67. The van der Waals surface area contributed by atoms with E-state index in [0.717, 1.165) is 54.1 Å². The molecule has 1 saturated heterocycles. The van der Waals surface area contributed by atoms with Crippen molar-refractivity contribution in [2.24, 2.45) is 17.3 Å². The number of aliphatic hydroxyl groups is 1. The number of esters is 8. The first kappa shape index (κ1) is 44.7. The molecule has 0 aromatic carbocycles. The van der Waals surface area contributed by atoms with Gasteiger partial charge in [0.2, 0.25) is 0 Å². The van der Waals surface area contributed by atoms with Gasteiger partial charge in [0.25, 0.3) is 0 Å². The number of nitrogens with zero attached hydrogens (tertiary/aromatic N) is 1. The van der Waals surface area contributed by atoms with Crippen molar-refractivity contribution >= 4 is 47.8 Å². The minimum Gasteiger partial charge on any atom is -0.472 e. The van der Waals surface area contributed by atoms with E-state index in [1.807, 2.05) is 0 Å². The van der Waals surface area contributed by atoms with Crippen molar-refractivity contribution in [1.82, 2.24) is 4.98 Å². The maximum Gasteiger partial charge on any atom is 0.341 e. The van der Waals surface area contributed by atoms with E-state index >= 15 is 0 Å². The third kappa shape index (κ3) is 7.59. The second-order valence-electron chi connectivity index (χ2n) is 16.1. The zero-order chi connectivity index (χ0) is 44.8. The highest BCUT2D eigenvalue weighted by atomic mass is 16.7. The Hall–Kier alpha value is -5.89. The molecule has 2 aromatic heterocycles. The van der Waals surface area contributed by atoms with Gasteiger partial charge in [0, 0.05) is 40.8 Å². The normalized spacial score (nSPS) is 35.4. The molecule has 2 saturated carbocycles. The number of furan rings is 1. The summed E-state index contributed by atoms with van der Waals surface area (Å²) < 4.78 is 60.1. The Morgan fingerprint density at radius 2 is 1.46 bits per heavy atom. The van der Waals surface area contributed by atoms with E-state index in [4.69, 9.17) is 47.0 Å². The van der Waals surface area contributed by atoms with Crippen LogP contribution in [0.5, 0.6) is 0 Å². The quantitative estimate of drug-likeness (QED) is 0.293. The van der Waals surface area contributed by atoms with Crippen LogP contribution in [0.2, 0.25) is 0 Å². The van der Waals surface area contributed by atoms with Crippen molar-refractivity contribution in [3.63, 3.8) is 0 Å². The van der Waals surface area contributed by atoms with Crippen LogP contribution in [-0.2, 0) is 77.8 Å². The molecule has 20 heteroatoms. The van der Waals surface area contributed by atoms with Gasteiger partial charge in [-0.05, 0) is 44.9 Å². The van der Waals surface area contributed by atoms with Gasteiger partial charge in [-0.3, -0.25) is 33.8 Å². The summed E-state index contributed by atoms with van der Waals surface area (Å²) in [6.07, 6.45) is -8.59. The molecule has 1 N–H and O–H groups in total. The lowest BCUT2D eigenvalue weighted by Crippen LogP contribution is -2.89. The van der Waals surface area contributed by atoms with E-state index in [9.17, 15) is 43.5 Å². The van der Waals surface area contributed by atoms with Gasteiger partial charge in [-0.1, -0.05) is 6.92 Å². The SMILES string of the molecule is CC(=O)OC[C@]12[C@H](OC(C)=O)[C@H](OC(C)=O)[C@@H]3[C@H](OC(C)=O)[C@@]14O[C@@]3(C)COC(=O)c1cccnc1CC[C@H](C)C(=O)O[C@@H]([C@H](OC(=O)c1ccoc1)[C@@H]2OC(C)=O)[C@]4(C)O. The van der Waals surface area contributed by atoms with Gasteiger partial charge in [-0.2, -0.15) is 0 Å². The molecule has 2 aromatic rings. The Labute approximate surface area is 348 Å². The molecule has 0 radical (unpaired) electrons. The van der Waals surface area contributed by atoms with E-state index in [-0.39, 0.29) is 29.7 Å². The topological polar surface area (TPSA) is 266 Å². The highest BCUT2D eigenvalue weighted by Gasteiger charge is 2.92. The van der Waals surface area contributed by atoms with Crippen LogP contribution in [-0.4, -0.2) is 124 Å². The monoisotopic (exact) mass is 857 g/mol. The number of cyclic esters (lactones) is 1. The molecule has 2 aliphatic heterocycles. The van der Waals surface area contributed by atoms with E-state index in [1.54, 1.807) is 0 Å². The Morgan fingerprint density at radius 3 is 2.05 bits per heavy atom. The van der Waals surface area contributed by atoms with Gasteiger partial charge in [0.05, 0.1) is 34.9 Å². The van der Waals surface area contributed by atoms with Crippen LogP contribution in [0.15, 0.2) is 41.3 Å². The average molecular weight is 858 g/mol. The summed E-state index contributed by atoms with van der Waals surface area (Å²) in [4.78, 5) is 113. The molecule has 3 fully saturated rings. The van der Waals surface area contributed by atoms with Crippen molar-refractivity contribution in [2.45, 2.75) is 122 Å². The summed E-state index contributed by atoms with van der Waals surface area (Å²) >= 11 is 0. The molecule has 6 rings (SSSR count). The number of hydrogen-bond acceptors (Lipinski definition) is 20. The number of fused-ring (bicyclic) bond motifs is 5. The number of rotatable bonds is 8. The number of aromatic nitrogens is 1. The van der Waals surface area contributed by atoms with Crippen LogP contribution in [0, 0.1) is 17.3 Å². The number of hydrogen-bond donors (Lipinski definition) is 1. The lowest BCUT2D eigenvalue weighted by atomic mass is 9.45. The third-order valence-electron chi connectivity index (χ3n) is 11.8. The minimum atomic E-state index is -2.87. The fourth-order valence-corrected chi connectivity index (χ4v) is 9.54. The highest BCUT2D eigenvalue weighted by Crippen LogP contribution is 2.70. The number of carbonyl (C=O) groups is 8. The van der Waals surface area contributed by atoms with Gasteiger partial charge in [0.1, 0.15) is 48.3 Å². The molecule has 20 nitrogen and oxygen atoms in total. The Bertz CT molecular complexity index is 2100. The fourth-order valence-electron chi connectivity index (χ4n) is 9.54. The van der Waals surface area contributed by atoms with Crippen molar-refractivity contribution < 1.29 is 90.5 Å². The molecular weight excluding hydrogens is 810 g/mol. The number of pyridine rings is 1. The molecule has 61 heavy (non-hydrogen) atoms. The van der Waals surface area contributed by atoms with Crippen LogP contribution in [0.25, 0.3) is 0 Å². The average Bonchev–Trinajstić information content (AvgIpc) is 3.79. The molecule has 4 bridgehead atoms. The smallest absolute Gasteiger partial charge is 0.341 e. The van der Waals surface area contributed by atoms with Crippen molar-refractivity contribution in [2.75, 3.05) is 13.2 Å². The Kier molecular flexibility index (Phi) is 12.1. The Balaban J connectivity index is 1.77. The zero-order valence-corrected chi connectivity index (χ0v) is 34.7. The van der Waals surface area contributed by atoms with Crippen LogP contribution >= 0.6 is 0 Å². The summed E-state index contributed by atoms with van der Waals surface area (Å²) in [5, 5.41) is 13.6.